The van der Waals surface area contributed by atoms with E-state index in [0.29, 0.717) is 0 Å². The number of nitrogens with one attached hydrogen (secondary N) is 1. The molecule has 3 nitrogen and oxygen atoms in total. The van der Waals surface area contributed by atoms with Gasteiger partial charge in [-0.1, -0.05) is 25.4 Å². The molecule has 1 rings (SSSR count). The Morgan fingerprint density at radius 1 is 1.33 bits per heavy atom. The topological polar surface area (TPSA) is 52.9 Å². The van der Waals surface area contributed by atoms with Crippen LogP contribution in [0.15, 0.2) is 18.2 Å². The maximum Gasteiger partial charge on any atom is 0.417 e. The minimum atomic E-state index is -4.61. The number of carbonyl (C=O) groups excluding carboxylic acids is 1. The van der Waals surface area contributed by atoms with Gasteiger partial charge >= 0.3 is 6.18 Å². The highest BCUT2D eigenvalue weighted by Gasteiger charge is 2.36. The van der Waals surface area contributed by atoms with E-state index in [2.05, 4.69) is 5.32 Å². The first-order chi connectivity index (χ1) is 9.70. The molecular weight excluding hydrogens is 305 g/mol. The zero-order valence-electron chi connectivity index (χ0n) is 11.5. The third kappa shape index (κ3) is 3.67. The lowest BCUT2D eigenvalue weighted by molar-refractivity contribution is -0.137. The molecule has 0 aromatic heterocycles. The lowest BCUT2D eigenvalue weighted by atomic mass is 9.83. The molecule has 0 atom stereocenters. The van der Waals surface area contributed by atoms with Crippen LogP contribution in [0.4, 0.5) is 18.9 Å². The Hall–Kier alpha value is -1.74. The lowest BCUT2D eigenvalue weighted by Crippen LogP contribution is -2.34. The summed E-state index contributed by atoms with van der Waals surface area (Å²) >= 11 is 5.50. The predicted molar refractivity (Wildman–Crippen MR) is 73.7 cm³/mol. The van der Waals surface area contributed by atoms with Crippen molar-refractivity contribution in [1.29, 1.82) is 5.26 Å². The number of benzene rings is 1. The lowest BCUT2D eigenvalue weighted by Gasteiger charge is -2.22. The van der Waals surface area contributed by atoms with E-state index in [1.165, 1.54) is 6.07 Å². The monoisotopic (exact) mass is 318 g/mol. The summed E-state index contributed by atoms with van der Waals surface area (Å²) in [6, 6.07) is 5.02. The summed E-state index contributed by atoms with van der Waals surface area (Å²) in [4.78, 5) is 12.1. The molecule has 0 aliphatic rings. The second-order valence-corrected chi connectivity index (χ2v) is 4.95. The molecule has 114 valence electrons. The van der Waals surface area contributed by atoms with Gasteiger partial charge in [0.15, 0.2) is 0 Å². The summed E-state index contributed by atoms with van der Waals surface area (Å²) in [7, 11) is 0. The number of hydrogen-bond donors (Lipinski definition) is 1. The van der Waals surface area contributed by atoms with Crippen LogP contribution in [0.25, 0.3) is 0 Å². The molecule has 1 aromatic carbocycles. The highest BCUT2D eigenvalue weighted by atomic mass is 35.5. The normalized spacial score (nSPS) is 11.9. The van der Waals surface area contributed by atoms with Gasteiger partial charge in [-0.05, 0) is 31.0 Å². The second kappa shape index (κ2) is 6.35. The molecule has 0 radical (unpaired) electrons. The fraction of sp³-hybridized carbons (Fsp3) is 0.429. The molecule has 0 aliphatic heterocycles. The van der Waals surface area contributed by atoms with Crippen LogP contribution in [-0.4, -0.2) is 5.91 Å². The number of anilines is 1. The molecule has 0 fully saturated rings. The number of carbonyl (C=O) groups is 1. The van der Waals surface area contributed by atoms with E-state index < -0.39 is 28.1 Å². The van der Waals surface area contributed by atoms with Crippen LogP contribution >= 0.6 is 11.6 Å². The average molecular weight is 319 g/mol. The zero-order chi connectivity index (χ0) is 16.3. The van der Waals surface area contributed by atoms with Crippen LogP contribution in [0.2, 0.25) is 5.02 Å². The molecule has 0 saturated heterocycles. The van der Waals surface area contributed by atoms with E-state index in [-0.39, 0.29) is 18.5 Å². The van der Waals surface area contributed by atoms with Gasteiger partial charge in [0.2, 0.25) is 5.91 Å². The molecule has 0 unspecified atom stereocenters. The number of halogens is 4. The Morgan fingerprint density at radius 3 is 2.33 bits per heavy atom. The molecule has 0 spiro atoms. The van der Waals surface area contributed by atoms with Crippen LogP contribution in [-0.2, 0) is 11.0 Å². The molecule has 7 heteroatoms. The molecule has 1 amide bonds. The van der Waals surface area contributed by atoms with Crippen molar-refractivity contribution in [2.75, 3.05) is 5.32 Å². The zero-order valence-corrected chi connectivity index (χ0v) is 12.3. The Labute approximate surface area is 125 Å². The summed E-state index contributed by atoms with van der Waals surface area (Å²) < 4.78 is 38.2. The molecule has 1 aromatic rings. The van der Waals surface area contributed by atoms with E-state index >= 15 is 0 Å². The Balaban J connectivity index is 3.10. The number of rotatable bonds is 4. The minimum absolute atomic E-state index is 0.0433. The van der Waals surface area contributed by atoms with Crippen molar-refractivity contribution in [2.45, 2.75) is 32.9 Å². The van der Waals surface area contributed by atoms with E-state index in [1.807, 2.05) is 6.07 Å². The van der Waals surface area contributed by atoms with Gasteiger partial charge in [0.1, 0.15) is 5.41 Å². The largest absolute Gasteiger partial charge is 0.417 e. The van der Waals surface area contributed by atoms with Crippen LogP contribution < -0.4 is 5.32 Å². The molecule has 0 heterocycles. The SMILES string of the molecule is CCC(C#N)(CC)C(=O)Nc1ccc(Cl)c(C(F)(F)F)c1. The molecule has 1 N–H and O–H groups in total. The molecule has 0 aliphatic carbocycles. The highest BCUT2D eigenvalue weighted by molar-refractivity contribution is 6.31. The number of alkyl halides is 3. The summed E-state index contributed by atoms with van der Waals surface area (Å²) in [5, 5.41) is 11.0. The summed E-state index contributed by atoms with van der Waals surface area (Å²) in [6.45, 7) is 3.35. The Morgan fingerprint density at radius 2 is 1.90 bits per heavy atom. The van der Waals surface area contributed by atoms with E-state index in [1.54, 1.807) is 13.8 Å². The minimum Gasteiger partial charge on any atom is -0.325 e. The van der Waals surface area contributed by atoms with Crippen molar-refractivity contribution in [3.05, 3.63) is 28.8 Å². The van der Waals surface area contributed by atoms with E-state index in [4.69, 9.17) is 16.9 Å². The van der Waals surface area contributed by atoms with Crippen molar-refractivity contribution in [3.8, 4) is 6.07 Å². The van der Waals surface area contributed by atoms with Crippen LogP contribution in [0.1, 0.15) is 32.3 Å². The third-order valence-electron chi connectivity index (χ3n) is 3.39. The Bertz CT molecular complexity index is 575. The highest BCUT2D eigenvalue weighted by Crippen LogP contribution is 2.36. The summed E-state index contributed by atoms with van der Waals surface area (Å²) in [6.07, 6.45) is -4.07. The number of nitriles is 1. The van der Waals surface area contributed by atoms with Gasteiger partial charge in [-0.2, -0.15) is 18.4 Å². The predicted octanol–water partition coefficient (Wildman–Crippen LogP) is 4.63. The number of nitrogens with zero attached hydrogens (tertiary/aromatic N) is 1. The average Bonchev–Trinajstić information content (AvgIpc) is 2.42. The van der Waals surface area contributed by atoms with Crippen molar-refractivity contribution >= 4 is 23.2 Å². The van der Waals surface area contributed by atoms with Crippen LogP contribution in [0.5, 0.6) is 0 Å². The van der Waals surface area contributed by atoms with Gasteiger partial charge in [0.25, 0.3) is 0 Å². The first-order valence-electron chi connectivity index (χ1n) is 6.29. The van der Waals surface area contributed by atoms with Crippen molar-refractivity contribution < 1.29 is 18.0 Å². The van der Waals surface area contributed by atoms with Crippen LogP contribution in [0.3, 0.4) is 0 Å². The first kappa shape index (κ1) is 17.3. The van der Waals surface area contributed by atoms with Crippen molar-refractivity contribution in [3.63, 3.8) is 0 Å². The van der Waals surface area contributed by atoms with Gasteiger partial charge < -0.3 is 5.32 Å². The first-order valence-corrected chi connectivity index (χ1v) is 6.67. The van der Waals surface area contributed by atoms with Crippen molar-refractivity contribution in [2.24, 2.45) is 5.41 Å². The van der Waals surface area contributed by atoms with Gasteiger partial charge in [-0.25, -0.2) is 0 Å². The third-order valence-corrected chi connectivity index (χ3v) is 3.71. The van der Waals surface area contributed by atoms with Crippen LogP contribution in [0, 0.1) is 16.7 Å². The van der Waals surface area contributed by atoms with Gasteiger partial charge in [-0.15, -0.1) is 0 Å². The standard InChI is InChI=1S/C14H14ClF3N2O/c1-3-13(4-2,8-19)12(21)20-9-5-6-11(15)10(7-9)14(16,17)18/h5-7H,3-4H2,1-2H3,(H,20,21). The van der Waals surface area contributed by atoms with E-state index in [0.717, 1.165) is 12.1 Å². The fourth-order valence-electron chi connectivity index (χ4n) is 1.85. The fourth-order valence-corrected chi connectivity index (χ4v) is 2.08. The van der Waals surface area contributed by atoms with E-state index in [9.17, 15) is 18.0 Å². The Kier molecular flexibility index (Phi) is 5.24. The maximum atomic E-state index is 12.7. The molecule has 0 saturated carbocycles. The van der Waals surface area contributed by atoms with Gasteiger partial charge in [-0.3, -0.25) is 4.79 Å². The summed E-state index contributed by atoms with van der Waals surface area (Å²) in [5.41, 5.74) is -2.33. The van der Waals surface area contributed by atoms with Crippen molar-refractivity contribution in [1.82, 2.24) is 0 Å². The quantitative estimate of drug-likeness (QED) is 0.880. The molecule has 0 bridgehead atoms. The maximum absolute atomic E-state index is 12.7. The number of amides is 1. The summed E-state index contributed by atoms with van der Waals surface area (Å²) in [5.74, 6) is -0.620. The molecule has 21 heavy (non-hydrogen) atoms. The van der Waals surface area contributed by atoms with Gasteiger partial charge in [0.05, 0.1) is 16.7 Å². The second-order valence-electron chi connectivity index (χ2n) is 4.55. The smallest absolute Gasteiger partial charge is 0.325 e. The van der Waals surface area contributed by atoms with Gasteiger partial charge in [0, 0.05) is 5.69 Å². The molecular formula is C14H14ClF3N2O. The number of hydrogen-bond acceptors (Lipinski definition) is 2.